The van der Waals surface area contributed by atoms with Crippen molar-refractivity contribution >= 4 is 5.57 Å². The van der Waals surface area contributed by atoms with Crippen LogP contribution in [0, 0.1) is 0 Å². The second-order valence-corrected chi connectivity index (χ2v) is 3.11. The van der Waals surface area contributed by atoms with E-state index in [-0.39, 0.29) is 5.56 Å². The summed E-state index contributed by atoms with van der Waals surface area (Å²) >= 11 is 0. The number of halogens is 3. The molecule has 0 aromatic heterocycles. The number of allylic oxidation sites excluding steroid dienone is 4. The third-order valence-electron chi connectivity index (χ3n) is 2.06. The molecule has 98 valence electrons. The van der Waals surface area contributed by atoms with Crippen LogP contribution in [0.2, 0.25) is 0 Å². The SMILES string of the molecule is C=C/C=C(\C=C)c1ccccc1C(F)(F)F.CC. The van der Waals surface area contributed by atoms with Crippen molar-refractivity contribution in [1.29, 1.82) is 0 Å². The summed E-state index contributed by atoms with van der Waals surface area (Å²) < 4.78 is 38.1. The van der Waals surface area contributed by atoms with Crippen LogP contribution in [0.3, 0.4) is 0 Å². The summed E-state index contributed by atoms with van der Waals surface area (Å²) in [6.07, 6.45) is -0.0478. The zero-order valence-electron chi connectivity index (χ0n) is 10.6. The third-order valence-corrected chi connectivity index (χ3v) is 2.06. The Hall–Kier alpha value is -1.77. The predicted octanol–water partition coefficient (Wildman–Crippen LogP) is 5.49. The molecule has 0 heterocycles. The summed E-state index contributed by atoms with van der Waals surface area (Å²) in [7, 11) is 0. The molecule has 0 fully saturated rings. The highest BCUT2D eigenvalue weighted by molar-refractivity contribution is 5.76. The van der Waals surface area contributed by atoms with Crippen LogP contribution in [0.4, 0.5) is 13.2 Å². The minimum Gasteiger partial charge on any atom is -0.166 e. The van der Waals surface area contributed by atoms with Crippen LogP contribution in [-0.4, -0.2) is 0 Å². The van der Waals surface area contributed by atoms with Gasteiger partial charge >= 0.3 is 6.18 Å². The van der Waals surface area contributed by atoms with Gasteiger partial charge in [-0.05, 0) is 17.2 Å². The Labute approximate surface area is 106 Å². The molecular weight excluding hydrogens is 237 g/mol. The molecule has 0 N–H and O–H groups in total. The van der Waals surface area contributed by atoms with Crippen molar-refractivity contribution in [2.24, 2.45) is 0 Å². The second kappa shape index (κ2) is 7.54. The molecule has 1 aromatic rings. The van der Waals surface area contributed by atoms with Gasteiger partial charge in [-0.3, -0.25) is 0 Å². The summed E-state index contributed by atoms with van der Waals surface area (Å²) in [5.41, 5.74) is -0.143. The van der Waals surface area contributed by atoms with Gasteiger partial charge in [-0.1, -0.05) is 63.4 Å². The van der Waals surface area contributed by atoms with Crippen LogP contribution in [0.15, 0.2) is 55.7 Å². The van der Waals surface area contributed by atoms with E-state index < -0.39 is 11.7 Å². The van der Waals surface area contributed by atoms with E-state index in [1.54, 1.807) is 6.07 Å². The molecular formula is C15H17F3. The van der Waals surface area contributed by atoms with Crippen molar-refractivity contribution in [3.8, 4) is 0 Å². The smallest absolute Gasteiger partial charge is 0.166 e. The van der Waals surface area contributed by atoms with Crippen molar-refractivity contribution < 1.29 is 13.2 Å². The molecule has 0 spiro atoms. The van der Waals surface area contributed by atoms with E-state index in [1.165, 1.54) is 30.4 Å². The number of alkyl halides is 3. The van der Waals surface area contributed by atoms with Gasteiger partial charge in [-0.2, -0.15) is 13.2 Å². The first kappa shape index (κ1) is 16.2. The van der Waals surface area contributed by atoms with Gasteiger partial charge in [0.05, 0.1) is 5.56 Å². The molecule has 0 nitrogen and oxygen atoms in total. The van der Waals surface area contributed by atoms with Gasteiger partial charge in [0, 0.05) is 0 Å². The number of benzene rings is 1. The second-order valence-electron chi connectivity index (χ2n) is 3.11. The summed E-state index contributed by atoms with van der Waals surface area (Å²) in [6.45, 7) is 11.0. The van der Waals surface area contributed by atoms with Gasteiger partial charge in [0.25, 0.3) is 0 Å². The predicted molar refractivity (Wildman–Crippen MR) is 71.2 cm³/mol. The van der Waals surface area contributed by atoms with Gasteiger partial charge in [0.15, 0.2) is 0 Å². The highest BCUT2D eigenvalue weighted by atomic mass is 19.4. The molecule has 0 amide bonds. The summed E-state index contributed by atoms with van der Waals surface area (Å²) in [6, 6.07) is 5.39. The van der Waals surface area contributed by atoms with Crippen LogP contribution < -0.4 is 0 Å². The maximum absolute atomic E-state index is 12.7. The van der Waals surface area contributed by atoms with E-state index in [0.29, 0.717) is 5.57 Å². The molecule has 0 saturated heterocycles. The van der Waals surface area contributed by atoms with Crippen molar-refractivity contribution in [3.05, 3.63) is 66.8 Å². The molecule has 3 heteroatoms. The van der Waals surface area contributed by atoms with E-state index in [9.17, 15) is 13.2 Å². The van der Waals surface area contributed by atoms with Crippen LogP contribution in [0.25, 0.3) is 5.57 Å². The normalized spacial score (nSPS) is 11.3. The van der Waals surface area contributed by atoms with Crippen molar-refractivity contribution in [3.63, 3.8) is 0 Å². The lowest BCUT2D eigenvalue weighted by molar-refractivity contribution is -0.137. The van der Waals surface area contributed by atoms with Gasteiger partial charge in [-0.15, -0.1) is 0 Å². The largest absolute Gasteiger partial charge is 0.417 e. The third kappa shape index (κ3) is 4.24. The van der Waals surface area contributed by atoms with Crippen molar-refractivity contribution in [1.82, 2.24) is 0 Å². The average Bonchev–Trinajstić information content (AvgIpc) is 2.37. The van der Waals surface area contributed by atoms with E-state index in [2.05, 4.69) is 13.2 Å². The molecule has 0 atom stereocenters. The lowest BCUT2D eigenvalue weighted by Gasteiger charge is -2.12. The molecule has 0 aliphatic rings. The highest BCUT2D eigenvalue weighted by Crippen LogP contribution is 2.35. The number of hydrogen-bond donors (Lipinski definition) is 0. The topological polar surface area (TPSA) is 0 Å². The summed E-state index contributed by atoms with van der Waals surface area (Å²) in [5.74, 6) is 0. The molecule has 0 radical (unpaired) electrons. The summed E-state index contributed by atoms with van der Waals surface area (Å²) in [5, 5.41) is 0. The van der Waals surface area contributed by atoms with Crippen molar-refractivity contribution in [2.45, 2.75) is 20.0 Å². The Balaban J connectivity index is 0.00000137. The fourth-order valence-electron chi connectivity index (χ4n) is 1.38. The van der Waals surface area contributed by atoms with E-state index in [1.807, 2.05) is 13.8 Å². The maximum Gasteiger partial charge on any atom is 0.417 e. The Kier molecular flexibility index (Phi) is 6.79. The van der Waals surface area contributed by atoms with Gasteiger partial charge in [-0.25, -0.2) is 0 Å². The first-order chi connectivity index (χ1) is 8.50. The first-order valence-electron chi connectivity index (χ1n) is 5.62. The van der Waals surface area contributed by atoms with E-state index in [0.717, 1.165) is 6.07 Å². The lowest BCUT2D eigenvalue weighted by Crippen LogP contribution is -2.08. The Morgan fingerprint density at radius 3 is 2.11 bits per heavy atom. The Morgan fingerprint density at radius 2 is 1.67 bits per heavy atom. The van der Waals surface area contributed by atoms with Crippen LogP contribution >= 0.6 is 0 Å². The van der Waals surface area contributed by atoms with Gasteiger partial charge in [0.2, 0.25) is 0 Å². The molecule has 1 aromatic carbocycles. The molecule has 0 saturated carbocycles. The highest BCUT2D eigenvalue weighted by Gasteiger charge is 2.33. The Morgan fingerprint density at radius 1 is 1.11 bits per heavy atom. The number of hydrogen-bond acceptors (Lipinski definition) is 0. The van der Waals surface area contributed by atoms with Gasteiger partial charge in [0.1, 0.15) is 0 Å². The molecule has 18 heavy (non-hydrogen) atoms. The molecule has 1 rings (SSSR count). The van der Waals surface area contributed by atoms with Crippen LogP contribution in [-0.2, 0) is 6.18 Å². The fraction of sp³-hybridized carbons (Fsp3) is 0.200. The van der Waals surface area contributed by atoms with Crippen molar-refractivity contribution in [2.75, 3.05) is 0 Å². The minimum absolute atomic E-state index is 0.116. The quantitative estimate of drug-likeness (QED) is 0.626. The minimum atomic E-state index is -4.36. The Bertz CT molecular complexity index is 426. The van der Waals surface area contributed by atoms with E-state index >= 15 is 0 Å². The zero-order chi connectivity index (χ0) is 14.2. The molecule has 0 aliphatic heterocycles. The monoisotopic (exact) mass is 254 g/mol. The van der Waals surface area contributed by atoms with Gasteiger partial charge < -0.3 is 0 Å². The standard InChI is InChI=1S/C13H11F3.C2H6/c1-3-7-10(4-2)11-8-5-6-9-12(11)13(14,15)16;1-2/h3-9H,1-2H2;1-2H3/b10-7+;. The van der Waals surface area contributed by atoms with E-state index in [4.69, 9.17) is 0 Å². The summed E-state index contributed by atoms with van der Waals surface area (Å²) in [4.78, 5) is 0. The average molecular weight is 254 g/mol. The lowest BCUT2D eigenvalue weighted by atomic mass is 9.99. The fourth-order valence-corrected chi connectivity index (χ4v) is 1.38. The maximum atomic E-state index is 12.7. The van der Waals surface area contributed by atoms with Crippen LogP contribution in [0.1, 0.15) is 25.0 Å². The molecule has 0 bridgehead atoms. The zero-order valence-corrected chi connectivity index (χ0v) is 10.6. The first-order valence-corrected chi connectivity index (χ1v) is 5.62. The van der Waals surface area contributed by atoms with Crippen LogP contribution in [0.5, 0.6) is 0 Å². The molecule has 0 unspecified atom stereocenters. The molecule has 0 aliphatic carbocycles. The number of rotatable bonds is 3.